The van der Waals surface area contributed by atoms with E-state index in [9.17, 15) is 5.11 Å². The summed E-state index contributed by atoms with van der Waals surface area (Å²) in [5.74, 6) is 1.25. The van der Waals surface area contributed by atoms with Gasteiger partial charge in [-0.25, -0.2) is 4.98 Å². The van der Waals surface area contributed by atoms with Gasteiger partial charge >= 0.3 is 0 Å². The number of aliphatic hydroxyl groups excluding tert-OH is 1. The van der Waals surface area contributed by atoms with E-state index in [2.05, 4.69) is 26.2 Å². The first kappa shape index (κ1) is 11.7. The zero-order chi connectivity index (χ0) is 11.5. The predicted molar refractivity (Wildman–Crippen MR) is 68.2 cm³/mol. The summed E-state index contributed by atoms with van der Waals surface area (Å²) in [6.45, 7) is 0.829. The van der Waals surface area contributed by atoms with Crippen LogP contribution in [0.15, 0.2) is 16.7 Å². The number of rotatable bonds is 3. The molecule has 0 aromatic carbocycles. The van der Waals surface area contributed by atoms with Crippen LogP contribution in [0.1, 0.15) is 19.3 Å². The molecule has 2 rings (SSSR count). The number of hydrogen-bond acceptors (Lipinski definition) is 4. The molecule has 1 aliphatic rings. The standard InChI is InChI=1S/C11H16BrN3O/c12-8-4-10(13)11(15-6-8)14-5-7-1-2-9(16)3-7/h4,6-7,9,16H,1-3,5,13H2,(H,14,15). The molecule has 1 heterocycles. The maximum atomic E-state index is 9.41. The lowest BCUT2D eigenvalue weighted by molar-refractivity contribution is 0.178. The van der Waals surface area contributed by atoms with Crippen molar-refractivity contribution in [2.75, 3.05) is 17.6 Å². The second-order valence-electron chi connectivity index (χ2n) is 4.31. The molecule has 0 bridgehead atoms. The lowest BCUT2D eigenvalue weighted by Crippen LogP contribution is -2.14. The zero-order valence-corrected chi connectivity index (χ0v) is 10.6. The summed E-state index contributed by atoms with van der Waals surface area (Å²) in [6, 6.07) is 1.83. The van der Waals surface area contributed by atoms with E-state index < -0.39 is 0 Å². The Hall–Kier alpha value is -0.810. The molecule has 0 aliphatic heterocycles. The number of nitrogens with two attached hydrogens (primary N) is 1. The summed E-state index contributed by atoms with van der Waals surface area (Å²) in [4.78, 5) is 4.21. The lowest BCUT2D eigenvalue weighted by atomic mass is 10.1. The SMILES string of the molecule is Nc1cc(Br)cnc1NCC1CCC(O)C1. The van der Waals surface area contributed by atoms with Crippen molar-refractivity contribution in [1.29, 1.82) is 0 Å². The van der Waals surface area contributed by atoms with Gasteiger partial charge in [0.1, 0.15) is 5.82 Å². The number of hydrogen-bond donors (Lipinski definition) is 3. The van der Waals surface area contributed by atoms with E-state index in [-0.39, 0.29) is 6.10 Å². The summed E-state index contributed by atoms with van der Waals surface area (Å²) in [5, 5.41) is 12.6. The first-order valence-electron chi connectivity index (χ1n) is 5.48. The van der Waals surface area contributed by atoms with E-state index >= 15 is 0 Å². The summed E-state index contributed by atoms with van der Waals surface area (Å²) < 4.78 is 0.881. The first-order chi connectivity index (χ1) is 7.65. The largest absolute Gasteiger partial charge is 0.396 e. The fourth-order valence-electron chi connectivity index (χ4n) is 2.08. The minimum atomic E-state index is -0.123. The van der Waals surface area contributed by atoms with Crippen molar-refractivity contribution >= 4 is 27.4 Å². The predicted octanol–water partition coefficient (Wildman–Crippen LogP) is 2.00. The zero-order valence-electron chi connectivity index (χ0n) is 8.99. The van der Waals surface area contributed by atoms with Crippen LogP contribution in [-0.4, -0.2) is 22.7 Å². The average Bonchev–Trinajstić information content (AvgIpc) is 2.63. The molecular formula is C11H16BrN3O. The molecule has 1 saturated carbocycles. The molecule has 1 aromatic heterocycles. The van der Waals surface area contributed by atoms with E-state index in [1.807, 2.05) is 6.07 Å². The van der Waals surface area contributed by atoms with E-state index in [1.54, 1.807) is 6.20 Å². The van der Waals surface area contributed by atoms with Crippen LogP contribution in [0.5, 0.6) is 0 Å². The Morgan fingerprint density at radius 1 is 1.56 bits per heavy atom. The molecule has 4 N–H and O–H groups in total. The van der Waals surface area contributed by atoms with Crippen molar-refractivity contribution in [2.45, 2.75) is 25.4 Å². The van der Waals surface area contributed by atoms with Crippen molar-refractivity contribution in [3.05, 3.63) is 16.7 Å². The van der Waals surface area contributed by atoms with Gasteiger partial charge in [0.15, 0.2) is 0 Å². The average molecular weight is 286 g/mol. The number of nitrogens with zero attached hydrogens (tertiary/aromatic N) is 1. The minimum Gasteiger partial charge on any atom is -0.396 e. The highest BCUT2D eigenvalue weighted by atomic mass is 79.9. The van der Waals surface area contributed by atoms with Gasteiger partial charge in [-0.05, 0) is 47.2 Å². The second kappa shape index (κ2) is 5.01. The fourth-order valence-corrected chi connectivity index (χ4v) is 2.43. The van der Waals surface area contributed by atoms with Gasteiger partial charge in [0.25, 0.3) is 0 Å². The van der Waals surface area contributed by atoms with E-state index in [0.717, 1.165) is 36.1 Å². The molecule has 88 valence electrons. The summed E-state index contributed by atoms with van der Waals surface area (Å²) in [7, 11) is 0. The number of anilines is 2. The number of pyridine rings is 1. The first-order valence-corrected chi connectivity index (χ1v) is 6.27. The summed E-state index contributed by atoms with van der Waals surface area (Å²) in [5.41, 5.74) is 6.48. The number of nitrogen functional groups attached to an aromatic ring is 1. The highest BCUT2D eigenvalue weighted by Crippen LogP contribution is 2.26. The van der Waals surface area contributed by atoms with Gasteiger partial charge in [-0.2, -0.15) is 0 Å². The number of nitrogens with one attached hydrogen (secondary N) is 1. The quantitative estimate of drug-likeness (QED) is 0.794. The minimum absolute atomic E-state index is 0.123. The van der Waals surface area contributed by atoms with E-state index in [0.29, 0.717) is 11.6 Å². The number of halogens is 1. The molecule has 2 atom stereocenters. The third-order valence-electron chi connectivity index (χ3n) is 2.96. The lowest BCUT2D eigenvalue weighted by Gasteiger charge is -2.12. The highest BCUT2D eigenvalue weighted by molar-refractivity contribution is 9.10. The van der Waals surface area contributed by atoms with Crippen LogP contribution in [0, 0.1) is 5.92 Å². The summed E-state index contributed by atoms with van der Waals surface area (Å²) >= 11 is 3.32. The molecule has 0 saturated heterocycles. The third-order valence-corrected chi connectivity index (χ3v) is 3.39. The van der Waals surface area contributed by atoms with Crippen LogP contribution in [0.25, 0.3) is 0 Å². The maximum Gasteiger partial charge on any atom is 0.149 e. The van der Waals surface area contributed by atoms with Gasteiger partial charge in [-0.15, -0.1) is 0 Å². The topological polar surface area (TPSA) is 71.2 Å². The Labute approximate surface area is 103 Å². The highest BCUT2D eigenvalue weighted by Gasteiger charge is 2.22. The third kappa shape index (κ3) is 2.86. The molecule has 0 radical (unpaired) electrons. The molecule has 16 heavy (non-hydrogen) atoms. The molecule has 1 aliphatic carbocycles. The van der Waals surface area contributed by atoms with Crippen LogP contribution in [0.4, 0.5) is 11.5 Å². The molecule has 4 nitrogen and oxygen atoms in total. The van der Waals surface area contributed by atoms with Crippen LogP contribution in [-0.2, 0) is 0 Å². The van der Waals surface area contributed by atoms with Gasteiger partial charge in [0.2, 0.25) is 0 Å². The number of aliphatic hydroxyl groups is 1. The fraction of sp³-hybridized carbons (Fsp3) is 0.545. The van der Waals surface area contributed by atoms with Crippen molar-refractivity contribution in [3.8, 4) is 0 Å². The van der Waals surface area contributed by atoms with Crippen molar-refractivity contribution in [3.63, 3.8) is 0 Å². The molecule has 1 aromatic rings. The van der Waals surface area contributed by atoms with Crippen LogP contribution < -0.4 is 11.1 Å². The van der Waals surface area contributed by atoms with Crippen LogP contribution >= 0.6 is 15.9 Å². The molecule has 0 spiro atoms. The Kier molecular flexibility index (Phi) is 3.66. The number of aromatic nitrogens is 1. The van der Waals surface area contributed by atoms with E-state index in [1.165, 1.54) is 0 Å². The summed E-state index contributed by atoms with van der Waals surface area (Å²) in [6.07, 6.45) is 4.47. The monoisotopic (exact) mass is 285 g/mol. The van der Waals surface area contributed by atoms with Gasteiger partial charge in [0, 0.05) is 17.2 Å². The van der Waals surface area contributed by atoms with Crippen molar-refractivity contribution in [2.24, 2.45) is 5.92 Å². The van der Waals surface area contributed by atoms with Gasteiger partial charge < -0.3 is 16.2 Å². The molecule has 0 amide bonds. The Morgan fingerprint density at radius 3 is 3.00 bits per heavy atom. The van der Waals surface area contributed by atoms with Crippen molar-refractivity contribution < 1.29 is 5.11 Å². The Morgan fingerprint density at radius 2 is 2.38 bits per heavy atom. The Balaban J connectivity index is 1.89. The van der Waals surface area contributed by atoms with Gasteiger partial charge in [-0.3, -0.25) is 0 Å². The Bertz CT molecular complexity index is 372. The van der Waals surface area contributed by atoms with Gasteiger partial charge in [-0.1, -0.05) is 0 Å². The molecular weight excluding hydrogens is 270 g/mol. The second-order valence-corrected chi connectivity index (χ2v) is 5.22. The van der Waals surface area contributed by atoms with Crippen LogP contribution in [0.3, 0.4) is 0 Å². The van der Waals surface area contributed by atoms with Crippen LogP contribution in [0.2, 0.25) is 0 Å². The van der Waals surface area contributed by atoms with E-state index in [4.69, 9.17) is 5.73 Å². The molecule has 2 unspecified atom stereocenters. The normalized spacial score (nSPS) is 24.6. The maximum absolute atomic E-state index is 9.41. The van der Waals surface area contributed by atoms with Crippen molar-refractivity contribution in [1.82, 2.24) is 4.98 Å². The smallest absolute Gasteiger partial charge is 0.149 e. The molecule has 5 heteroatoms. The van der Waals surface area contributed by atoms with Gasteiger partial charge in [0.05, 0.1) is 11.8 Å². The molecule has 1 fully saturated rings.